The van der Waals surface area contributed by atoms with Crippen LogP contribution in [0.4, 0.5) is 0 Å². The van der Waals surface area contributed by atoms with E-state index in [4.69, 9.17) is 5.73 Å². The van der Waals surface area contributed by atoms with Crippen molar-refractivity contribution in [2.75, 3.05) is 45.8 Å². The van der Waals surface area contributed by atoms with Gasteiger partial charge in [-0.15, -0.1) is 6.58 Å². The highest BCUT2D eigenvalue weighted by Crippen LogP contribution is 2.01. The zero-order valence-electron chi connectivity index (χ0n) is 11.1. The number of carbonyl (C=O) groups excluding carboxylic acids is 1. The van der Waals surface area contributed by atoms with Gasteiger partial charge in [0.15, 0.2) is 5.96 Å². The van der Waals surface area contributed by atoms with Crippen LogP contribution in [0.15, 0.2) is 17.6 Å². The van der Waals surface area contributed by atoms with Gasteiger partial charge in [0.25, 0.3) is 0 Å². The van der Waals surface area contributed by atoms with Crippen LogP contribution in [0.2, 0.25) is 0 Å². The lowest BCUT2D eigenvalue weighted by Gasteiger charge is -2.33. The van der Waals surface area contributed by atoms with E-state index in [9.17, 15) is 4.79 Å². The van der Waals surface area contributed by atoms with Crippen molar-refractivity contribution in [1.82, 2.24) is 15.1 Å². The lowest BCUT2D eigenvalue weighted by molar-refractivity contribution is -0.130. The fourth-order valence-corrected chi connectivity index (χ4v) is 1.83. The number of hydrogen-bond donors (Lipinski definition) is 2. The van der Waals surface area contributed by atoms with E-state index in [-0.39, 0.29) is 5.91 Å². The van der Waals surface area contributed by atoms with E-state index in [1.807, 2.05) is 4.90 Å². The van der Waals surface area contributed by atoms with Crippen LogP contribution in [0.5, 0.6) is 0 Å². The van der Waals surface area contributed by atoms with E-state index in [2.05, 4.69) is 21.8 Å². The lowest BCUT2D eigenvalue weighted by Crippen LogP contribution is -2.48. The molecule has 0 bridgehead atoms. The molecule has 6 heteroatoms. The minimum absolute atomic E-state index is 0.158. The predicted molar refractivity (Wildman–Crippen MR) is 73.4 cm³/mol. The van der Waals surface area contributed by atoms with E-state index < -0.39 is 0 Å². The van der Waals surface area contributed by atoms with Crippen LogP contribution in [0.1, 0.15) is 6.92 Å². The highest BCUT2D eigenvalue weighted by atomic mass is 16.2. The quantitative estimate of drug-likeness (QED) is 0.384. The summed E-state index contributed by atoms with van der Waals surface area (Å²) in [5.74, 6) is 0.614. The SMILES string of the molecule is C=CCNC(N)=NCCN1CCN(C(C)=O)CC1. The molecule has 1 heterocycles. The third-order valence-electron chi connectivity index (χ3n) is 2.94. The number of rotatable bonds is 5. The molecular weight excluding hydrogens is 230 g/mol. The molecule has 18 heavy (non-hydrogen) atoms. The van der Waals surface area contributed by atoms with Gasteiger partial charge in [-0.05, 0) is 0 Å². The van der Waals surface area contributed by atoms with Crippen LogP contribution in [-0.4, -0.2) is 67.5 Å². The van der Waals surface area contributed by atoms with Crippen LogP contribution in [0, 0.1) is 0 Å². The van der Waals surface area contributed by atoms with Gasteiger partial charge in [-0.1, -0.05) is 6.08 Å². The maximum atomic E-state index is 11.2. The molecule has 0 spiro atoms. The van der Waals surface area contributed by atoms with Crippen molar-refractivity contribution in [1.29, 1.82) is 0 Å². The maximum absolute atomic E-state index is 11.2. The average Bonchev–Trinajstić information content (AvgIpc) is 2.37. The molecule has 3 N–H and O–H groups in total. The fourth-order valence-electron chi connectivity index (χ4n) is 1.83. The molecule has 102 valence electrons. The van der Waals surface area contributed by atoms with Gasteiger partial charge in [-0.3, -0.25) is 14.7 Å². The Morgan fingerprint density at radius 2 is 2.11 bits per heavy atom. The number of guanidine groups is 1. The van der Waals surface area contributed by atoms with Gasteiger partial charge in [0.05, 0.1) is 6.54 Å². The van der Waals surface area contributed by atoms with Crippen molar-refractivity contribution >= 4 is 11.9 Å². The topological polar surface area (TPSA) is 74.0 Å². The second kappa shape index (κ2) is 7.71. The molecule has 1 rings (SSSR count). The average molecular weight is 253 g/mol. The molecule has 0 radical (unpaired) electrons. The van der Waals surface area contributed by atoms with Crippen LogP contribution >= 0.6 is 0 Å². The van der Waals surface area contributed by atoms with Crippen molar-refractivity contribution in [3.05, 3.63) is 12.7 Å². The maximum Gasteiger partial charge on any atom is 0.219 e. The smallest absolute Gasteiger partial charge is 0.219 e. The van der Waals surface area contributed by atoms with Gasteiger partial charge in [0.2, 0.25) is 5.91 Å². The Balaban J connectivity index is 2.17. The van der Waals surface area contributed by atoms with Crippen molar-refractivity contribution < 1.29 is 4.79 Å². The van der Waals surface area contributed by atoms with Gasteiger partial charge in [0.1, 0.15) is 0 Å². The van der Waals surface area contributed by atoms with E-state index in [0.29, 0.717) is 19.0 Å². The summed E-state index contributed by atoms with van der Waals surface area (Å²) in [4.78, 5) is 19.6. The summed E-state index contributed by atoms with van der Waals surface area (Å²) in [7, 11) is 0. The Kier molecular flexibility index (Phi) is 6.21. The Morgan fingerprint density at radius 1 is 1.44 bits per heavy atom. The van der Waals surface area contributed by atoms with Gasteiger partial charge in [0, 0.05) is 46.2 Å². The molecule has 0 aromatic carbocycles. The molecule has 0 aliphatic carbocycles. The number of nitrogens with one attached hydrogen (secondary N) is 1. The van der Waals surface area contributed by atoms with Crippen molar-refractivity contribution in [2.24, 2.45) is 10.7 Å². The molecule has 0 atom stereocenters. The second-order valence-electron chi connectivity index (χ2n) is 4.28. The molecule has 0 unspecified atom stereocenters. The summed E-state index contributed by atoms with van der Waals surface area (Å²) < 4.78 is 0. The second-order valence-corrected chi connectivity index (χ2v) is 4.28. The zero-order valence-corrected chi connectivity index (χ0v) is 11.1. The first-order valence-electron chi connectivity index (χ1n) is 6.26. The highest BCUT2D eigenvalue weighted by Gasteiger charge is 2.17. The largest absolute Gasteiger partial charge is 0.370 e. The summed E-state index contributed by atoms with van der Waals surface area (Å²) in [5, 5.41) is 2.93. The molecule has 1 fully saturated rings. The van der Waals surface area contributed by atoms with Crippen LogP contribution in [-0.2, 0) is 4.79 Å². The highest BCUT2D eigenvalue weighted by molar-refractivity contribution is 5.77. The van der Waals surface area contributed by atoms with E-state index >= 15 is 0 Å². The van der Waals surface area contributed by atoms with Crippen molar-refractivity contribution in [3.8, 4) is 0 Å². The molecule has 6 nitrogen and oxygen atoms in total. The molecule has 1 amide bonds. The molecule has 1 aliphatic rings. The Labute approximate surface area is 109 Å². The molecule has 0 saturated carbocycles. The molecule has 0 aromatic heterocycles. The van der Waals surface area contributed by atoms with Crippen molar-refractivity contribution in [2.45, 2.75) is 6.92 Å². The van der Waals surface area contributed by atoms with Crippen LogP contribution in [0.3, 0.4) is 0 Å². The summed E-state index contributed by atoms with van der Waals surface area (Å²) >= 11 is 0. The number of piperazine rings is 1. The summed E-state index contributed by atoms with van der Waals surface area (Å²) in [5.41, 5.74) is 5.66. The van der Waals surface area contributed by atoms with Gasteiger partial charge in [-0.2, -0.15) is 0 Å². The standard InChI is InChI=1S/C12H23N5O/c1-3-4-14-12(13)15-5-6-16-7-9-17(10-8-16)11(2)18/h3H,1,4-10H2,2H3,(H3,13,14,15). The Bertz CT molecular complexity index is 308. The lowest BCUT2D eigenvalue weighted by atomic mass is 10.3. The third kappa shape index (κ3) is 5.18. The minimum Gasteiger partial charge on any atom is -0.370 e. The molecule has 1 saturated heterocycles. The Morgan fingerprint density at radius 3 is 2.67 bits per heavy atom. The molecule has 1 aliphatic heterocycles. The minimum atomic E-state index is 0.158. The van der Waals surface area contributed by atoms with Gasteiger partial charge >= 0.3 is 0 Å². The van der Waals surface area contributed by atoms with Gasteiger partial charge < -0.3 is 16.0 Å². The first-order valence-corrected chi connectivity index (χ1v) is 6.26. The van der Waals surface area contributed by atoms with Crippen molar-refractivity contribution in [3.63, 3.8) is 0 Å². The van der Waals surface area contributed by atoms with Crippen LogP contribution < -0.4 is 11.1 Å². The number of amides is 1. The monoisotopic (exact) mass is 253 g/mol. The normalized spacial score (nSPS) is 17.6. The number of nitrogens with zero attached hydrogens (tertiary/aromatic N) is 3. The zero-order chi connectivity index (χ0) is 13.4. The first-order chi connectivity index (χ1) is 8.63. The summed E-state index contributed by atoms with van der Waals surface area (Å²) in [6.45, 7) is 10.8. The van der Waals surface area contributed by atoms with E-state index in [1.165, 1.54) is 0 Å². The number of hydrogen-bond acceptors (Lipinski definition) is 3. The van der Waals surface area contributed by atoms with Crippen LogP contribution in [0.25, 0.3) is 0 Å². The van der Waals surface area contributed by atoms with E-state index in [1.54, 1.807) is 13.0 Å². The van der Waals surface area contributed by atoms with E-state index in [0.717, 1.165) is 32.7 Å². The number of nitrogens with two attached hydrogens (primary N) is 1. The fraction of sp³-hybridized carbons (Fsp3) is 0.667. The first kappa shape index (κ1) is 14.5. The number of carbonyl (C=O) groups is 1. The molecular formula is C12H23N5O. The third-order valence-corrected chi connectivity index (χ3v) is 2.94. The molecule has 0 aromatic rings. The predicted octanol–water partition coefficient (Wildman–Crippen LogP) is -0.759. The number of aliphatic imine (C=N–C) groups is 1. The Hall–Kier alpha value is -1.56. The summed E-state index contributed by atoms with van der Waals surface area (Å²) in [6, 6.07) is 0. The summed E-state index contributed by atoms with van der Waals surface area (Å²) in [6.07, 6.45) is 1.74. The van der Waals surface area contributed by atoms with Gasteiger partial charge in [-0.25, -0.2) is 0 Å².